The molecule has 6 nitrogen and oxygen atoms in total. The molecular formula is C28H31N3O3S. The van der Waals surface area contributed by atoms with E-state index in [2.05, 4.69) is 11.0 Å². The summed E-state index contributed by atoms with van der Waals surface area (Å²) in [6.45, 7) is 5.73. The molecule has 3 aromatic carbocycles. The summed E-state index contributed by atoms with van der Waals surface area (Å²) in [5, 5.41) is 0. The molecule has 7 heteroatoms. The molecule has 0 N–H and O–H groups in total. The van der Waals surface area contributed by atoms with Gasteiger partial charge in [0.05, 0.1) is 4.90 Å². The minimum absolute atomic E-state index is 0.0404. The van der Waals surface area contributed by atoms with Gasteiger partial charge in [-0.05, 0) is 61.2 Å². The molecule has 0 radical (unpaired) electrons. The lowest BCUT2D eigenvalue weighted by Crippen LogP contribution is -2.48. The highest BCUT2D eigenvalue weighted by atomic mass is 32.2. The number of fused-ring (bicyclic) bond motifs is 1. The molecule has 1 amide bonds. The van der Waals surface area contributed by atoms with Crippen molar-refractivity contribution in [2.24, 2.45) is 0 Å². The van der Waals surface area contributed by atoms with Crippen molar-refractivity contribution in [2.45, 2.75) is 31.2 Å². The van der Waals surface area contributed by atoms with E-state index in [1.807, 2.05) is 66.4 Å². The Morgan fingerprint density at radius 2 is 1.51 bits per heavy atom. The molecule has 5 rings (SSSR count). The summed E-state index contributed by atoms with van der Waals surface area (Å²) in [4.78, 5) is 17.7. The van der Waals surface area contributed by atoms with E-state index in [0.29, 0.717) is 36.6 Å². The third-order valence-corrected chi connectivity index (χ3v) is 8.87. The van der Waals surface area contributed by atoms with Crippen LogP contribution < -0.4 is 4.90 Å². The topological polar surface area (TPSA) is 60.9 Å². The molecule has 0 saturated carbocycles. The van der Waals surface area contributed by atoms with Gasteiger partial charge in [-0.3, -0.25) is 9.69 Å². The number of amides is 1. The maximum atomic E-state index is 13.2. The van der Waals surface area contributed by atoms with E-state index in [1.165, 1.54) is 5.56 Å². The summed E-state index contributed by atoms with van der Waals surface area (Å²) in [7, 11) is -3.46. The van der Waals surface area contributed by atoms with Crippen molar-refractivity contribution < 1.29 is 13.2 Å². The number of aryl methyl sites for hydroxylation is 2. The van der Waals surface area contributed by atoms with Crippen molar-refractivity contribution in [3.05, 3.63) is 95.1 Å². The lowest BCUT2D eigenvalue weighted by atomic mass is 10.0. The molecule has 0 unspecified atom stereocenters. The van der Waals surface area contributed by atoms with E-state index in [-0.39, 0.29) is 5.91 Å². The number of para-hydroxylation sites is 1. The number of nitrogens with zero attached hydrogens (tertiary/aromatic N) is 3. The van der Waals surface area contributed by atoms with Gasteiger partial charge < -0.3 is 4.90 Å². The van der Waals surface area contributed by atoms with Crippen LogP contribution >= 0.6 is 0 Å². The van der Waals surface area contributed by atoms with E-state index in [4.69, 9.17) is 0 Å². The first kappa shape index (κ1) is 23.7. The monoisotopic (exact) mass is 489 g/mol. The zero-order valence-corrected chi connectivity index (χ0v) is 20.9. The number of piperazine rings is 1. The third-order valence-electron chi connectivity index (χ3n) is 6.95. The highest BCUT2D eigenvalue weighted by molar-refractivity contribution is 7.89. The number of benzene rings is 3. The molecular weight excluding hydrogens is 458 g/mol. The summed E-state index contributed by atoms with van der Waals surface area (Å²) >= 11 is 0. The van der Waals surface area contributed by atoms with Crippen LogP contribution in [0.15, 0.2) is 77.7 Å². The van der Waals surface area contributed by atoms with E-state index >= 15 is 0 Å². The minimum Gasteiger partial charge on any atom is -0.308 e. The Balaban J connectivity index is 1.19. The number of carbonyl (C=O) groups is 1. The number of sulfonamides is 1. The van der Waals surface area contributed by atoms with Crippen LogP contribution in [0.4, 0.5) is 5.69 Å². The van der Waals surface area contributed by atoms with Gasteiger partial charge in [0, 0.05) is 50.5 Å². The van der Waals surface area contributed by atoms with Crippen LogP contribution in [0.3, 0.4) is 0 Å². The van der Waals surface area contributed by atoms with Gasteiger partial charge in [0.1, 0.15) is 0 Å². The Bertz CT molecular complexity index is 1300. The second kappa shape index (κ2) is 9.93. The highest BCUT2D eigenvalue weighted by Crippen LogP contribution is 2.28. The SMILES string of the molecule is Cc1ccc(S(=O)(=O)N2CCN(Cc3ccc(C(=O)N4CCCc5ccccc54)cc3)CC2)cc1. The Hall–Kier alpha value is -3.00. The van der Waals surface area contributed by atoms with Crippen LogP contribution in [-0.4, -0.2) is 56.3 Å². The predicted molar refractivity (Wildman–Crippen MR) is 138 cm³/mol. The number of carbonyl (C=O) groups excluding carboxylic acids is 1. The Morgan fingerprint density at radius 1 is 0.829 bits per heavy atom. The molecule has 0 aromatic heterocycles. The number of rotatable bonds is 5. The van der Waals surface area contributed by atoms with Crippen molar-refractivity contribution >= 4 is 21.6 Å². The van der Waals surface area contributed by atoms with Crippen LogP contribution in [0.5, 0.6) is 0 Å². The fraction of sp³-hybridized carbons (Fsp3) is 0.321. The highest BCUT2D eigenvalue weighted by Gasteiger charge is 2.28. The van der Waals surface area contributed by atoms with E-state index in [0.717, 1.165) is 42.7 Å². The Labute approximate surface area is 207 Å². The average molecular weight is 490 g/mol. The van der Waals surface area contributed by atoms with Crippen molar-refractivity contribution in [3.8, 4) is 0 Å². The lowest BCUT2D eigenvalue weighted by molar-refractivity contribution is 0.0985. The molecule has 0 spiro atoms. The smallest absolute Gasteiger partial charge is 0.258 e. The summed E-state index contributed by atoms with van der Waals surface area (Å²) in [5.41, 5.74) is 5.11. The Morgan fingerprint density at radius 3 is 2.23 bits per heavy atom. The van der Waals surface area contributed by atoms with Crippen LogP contribution in [0.25, 0.3) is 0 Å². The number of hydrogen-bond donors (Lipinski definition) is 0. The van der Waals surface area contributed by atoms with Gasteiger partial charge in [-0.2, -0.15) is 4.31 Å². The van der Waals surface area contributed by atoms with E-state index < -0.39 is 10.0 Å². The summed E-state index contributed by atoms with van der Waals surface area (Å²) in [5.74, 6) is 0.0404. The van der Waals surface area contributed by atoms with Crippen molar-refractivity contribution in [2.75, 3.05) is 37.6 Å². The third kappa shape index (κ3) is 5.03. The van der Waals surface area contributed by atoms with Gasteiger partial charge in [0.25, 0.3) is 5.91 Å². The van der Waals surface area contributed by atoms with E-state index in [9.17, 15) is 13.2 Å². The quantitative estimate of drug-likeness (QED) is 0.542. The average Bonchev–Trinajstić information content (AvgIpc) is 2.89. The predicted octanol–water partition coefficient (Wildman–Crippen LogP) is 4.09. The lowest BCUT2D eigenvalue weighted by Gasteiger charge is -2.34. The summed E-state index contributed by atoms with van der Waals surface area (Å²) < 4.78 is 27.5. The normalized spacial score (nSPS) is 17.2. The minimum atomic E-state index is -3.46. The van der Waals surface area contributed by atoms with Crippen molar-refractivity contribution in [1.82, 2.24) is 9.21 Å². The standard InChI is InChI=1S/C28H31N3O3S/c1-22-8-14-26(15-9-22)35(33,34)30-19-17-29(18-20-30)21-23-10-12-25(13-11-23)28(32)31-16-4-6-24-5-2-3-7-27(24)31/h2-3,5,7-15H,4,6,16-21H2,1H3. The second-order valence-electron chi connectivity index (χ2n) is 9.38. The van der Waals surface area contributed by atoms with Gasteiger partial charge in [0.15, 0.2) is 0 Å². The van der Waals surface area contributed by atoms with Gasteiger partial charge in [-0.25, -0.2) is 8.42 Å². The first-order chi connectivity index (χ1) is 16.9. The van der Waals surface area contributed by atoms with Crippen LogP contribution in [-0.2, 0) is 23.0 Å². The molecule has 35 heavy (non-hydrogen) atoms. The molecule has 3 aromatic rings. The summed E-state index contributed by atoms with van der Waals surface area (Å²) in [6, 6.07) is 23.0. The molecule has 0 aliphatic carbocycles. The van der Waals surface area contributed by atoms with Gasteiger partial charge in [-0.15, -0.1) is 0 Å². The van der Waals surface area contributed by atoms with Gasteiger partial charge >= 0.3 is 0 Å². The van der Waals surface area contributed by atoms with Crippen LogP contribution in [0.1, 0.15) is 33.5 Å². The molecule has 0 bridgehead atoms. The molecule has 182 valence electrons. The maximum Gasteiger partial charge on any atom is 0.258 e. The molecule has 1 fully saturated rings. The Kier molecular flexibility index (Phi) is 6.73. The molecule has 1 saturated heterocycles. The maximum absolute atomic E-state index is 13.2. The second-order valence-corrected chi connectivity index (χ2v) is 11.3. The largest absolute Gasteiger partial charge is 0.308 e. The number of hydrogen-bond acceptors (Lipinski definition) is 4. The fourth-order valence-corrected chi connectivity index (χ4v) is 6.32. The number of anilines is 1. The zero-order chi connectivity index (χ0) is 24.4. The molecule has 2 heterocycles. The molecule has 2 aliphatic rings. The fourth-order valence-electron chi connectivity index (χ4n) is 4.90. The van der Waals surface area contributed by atoms with Crippen molar-refractivity contribution in [3.63, 3.8) is 0 Å². The van der Waals surface area contributed by atoms with Crippen LogP contribution in [0.2, 0.25) is 0 Å². The first-order valence-electron chi connectivity index (χ1n) is 12.2. The van der Waals surface area contributed by atoms with Gasteiger partial charge in [0.2, 0.25) is 10.0 Å². The zero-order valence-electron chi connectivity index (χ0n) is 20.1. The first-order valence-corrected chi connectivity index (χ1v) is 13.6. The van der Waals surface area contributed by atoms with E-state index in [1.54, 1.807) is 16.4 Å². The van der Waals surface area contributed by atoms with Crippen molar-refractivity contribution in [1.29, 1.82) is 0 Å². The van der Waals surface area contributed by atoms with Crippen LogP contribution in [0, 0.1) is 6.92 Å². The summed E-state index contributed by atoms with van der Waals surface area (Å²) in [6.07, 6.45) is 1.99. The molecule has 0 atom stereocenters. The molecule has 2 aliphatic heterocycles. The van der Waals surface area contributed by atoms with Gasteiger partial charge in [-0.1, -0.05) is 48.0 Å².